The second-order valence-corrected chi connectivity index (χ2v) is 6.35. The summed E-state index contributed by atoms with van der Waals surface area (Å²) in [5.74, 6) is 0.887. The number of rotatable bonds is 7. The molecule has 0 aliphatic carbocycles. The molecule has 8 heteroatoms. The van der Waals surface area contributed by atoms with E-state index in [1.165, 1.54) is 0 Å². The number of hydrogen-bond acceptors (Lipinski definition) is 4. The molecule has 1 aromatic heterocycles. The highest BCUT2D eigenvalue weighted by Crippen LogP contribution is 2.05. The molecule has 8 nitrogen and oxygen atoms in total. The summed E-state index contributed by atoms with van der Waals surface area (Å²) in [6.07, 6.45) is 3.40. The van der Waals surface area contributed by atoms with Gasteiger partial charge in [0.2, 0.25) is 5.56 Å². The van der Waals surface area contributed by atoms with Gasteiger partial charge < -0.3 is 24.4 Å². The maximum atomic E-state index is 11.8. The molecule has 1 fully saturated rings. The first-order valence-corrected chi connectivity index (χ1v) is 9.76. The first-order chi connectivity index (χ1) is 13.2. The Morgan fingerprint density at radius 2 is 1.89 bits per heavy atom. The average Bonchev–Trinajstić information content (AvgIpc) is 2.68. The van der Waals surface area contributed by atoms with Crippen molar-refractivity contribution < 1.29 is 9.53 Å². The number of unbranched alkanes of at least 4 members (excludes halogenated alkanes) is 1. The molecule has 1 aromatic rings. The number of amides is 1. The smallest absolute Gasteiger partial charge is 0.409 e. The Balaban J connectivity index is 1.78. The van der Waals surface area contributed by atoms with Gasteiger partial charge in [-0.1, -0.05) is 6.07 Å². The minimum Gasteiger partial charge on any atom is -0.450 e. The van der Waals surface area contributed by atoms with E-state index in [0.717, 1.165) is 38.4 Å². The van der Waals surface area contributed by atoms with Crippen LogP contribution in [0.25, 0.3) is 0 Å². The lowest BCUT2D eigenvalue weighted by Gasteiger charge is -2.35. The molecule has 1 amide bonds. The summed E-state index contributed by atoms with van der Waals surface area (Å²) < 4.78 is 6.79. The van der Waals surface area contributed by atoms with Crippen LogP contribution in [0.5, 0.6) is 0 Å². The van der Waals surface area contributed by atoms with Crippen LogP contribution in [0.3, 0.4) is 0 Å². The fraction of sp³-hybridized carbons (Fsp3) is 0.632. The van der Waals surface area contributed by atoms with Crippen molar-refractivity contribution in [2.45, 2.75) is 33.2 Å². The minimum atomic E-state index is -0.241. The zero-order valence-corrected chi connectivity index (χ0v) is 16.4. The van der Waals surface area contributed by atoms with Crippen LogP contribution in [-0.2, 0) is 11.3 Å². The van der Waals surface area contributed by atoms with Gasteiger partial charge in [0.15, 0.2) is 5.96 Å². The SMILES string of the molecule is CCNC(=NCCCCn1ccccc1=O)N1CCN(C(=O)OCC)CC1. The number of aryl methyl sites for hydroxylation is 1. The van der Waals surface area contributed by atoms with Crippen LogP contribution in [0.4, 0.5) is 4.79 Å². The topological polar surface area (TPSA) is 79.2 Å². The third-order valence-electron chi connectivity index (χ3n) is 4.41. The molecule has 27 heavy (non-hydrogen) atoms. The first-order valence-electron chi connectivity index (χ1n) is 9.76. The van der Waals surface area contributed by atoms with Crippen molar-refractivity contribution in [3.8, 4) is 0 Å². The van der Waals surface area contributed by atoms with E-state index in [0.29, 0.717) is 32.8 Å². The fourth-order valence-corrected chi connectivity index (χ4v) is 2.97. The Morgan fingerprint density at radius 1 is 1.15 bits per heavy atom. The van der Waals surface area contributed by atoms with Crippen molar-refractivity contribution in [1.82, 2.24) is 19.7 Å². The lowest BCUT2D eigenvalue weighted by atomic mass is 10.3. The van der Waals surface area contributed by atoms with Crippen LogP contribution in [0.15, 0.2) is 34.2 Å². The number of hydrogen-bond donors (Lipinski definition) is 1. The van der Waals surface area contributed by atoms with Gasteiger partial charge in [-0.2, -0.15) is 0 Å². The number of pyridine rings is 1. The summed E-state index contributed by atoms with van der Waals surface area (Å²) in [5, 5.41) is 3.33. The summed E-state index contributed by atoms with van der Waals surface area (Å²) in [5.41, 5.74) is 0.0359. The first kappa shape index (κ1) is 20.8. The molecule has 1 aliphatic heterocycles. The van der Waals surface area contributed by atoms with E-state index in [1.807, 2.05) is 26.1 Å². The van der Waals surface area contributed by atoms with Crippen LogP contribution in [0, 0.1) is 0 Å². The number of piperazine rings is 1. The Bertz CT molecular complexity index is 665. The van der Waals surface area contributed by atoms with Crippen LogP contribution in [0.2, 0.25) is 0 Å². The number of ether oxygens (including phenoxy) is 1. The van der Waals surface area contributed by atoms with Crippen molar-refractivity contribution in [3.05, 3.63) is 34.7 Å². The number of carbonyl (C=O) groups excluding carboxylic acids is 1. The zero-order valence-electron chi connectivity index (χ0n) is 16.4. The zero-order chi connectivity index (χ0) is 19.5. The van der Waals surface area contributed by atoms with Crippen LogP contribution < -0.4 is 10.9 Å². The second kappa shape index (κ2) is 11.3. The third-order valence-corrected chi connectivity index (χ3v) is 4.41. The molecular formula is C19H31N5O3. The van der Waals surface area contributed by atoms with Crippen molar-refractivity contribution in [2.75, 3.05) is 45.9 Å². The standard InChI is InChI=1S/C19H31N5O3/c1-3-20-18(23-13-15-24(16-14-23)19(26)27-4-2)21-10-6-8-12-22-11-7-5-9-17(22)25/h5,7,9,11H,3-4,6,8,10,12-16H2,1-2H3,(H,20,21). The molecule has 0 unspecified atom stereocenters. The molecule has 2 heterocycles. The van der Waals surface area contributed by atoms with Gasteiger partial charge in [-0.3, -0.25) is 9.79 Å². The Labute approximate surface area is 160 Å². The number of nitrogens with zero attached hydrogens (tertiary/aromatic N) is 4. The lowest BCUT2D eigenvalue weighted by Crippen LogP contribution is -2.53. The van der Waals surface area contributed by atoms with Crippen molar-refractivity contribution >= 4 is 12.1 Å². The van der Waals surface area contributed by atoms with Gasteiger partial charge in [-0.05, 0) is 32.8 Å². The number of aliphatic imine (C=N–C) groups is 1. The largest absolute Gasteiger partial charge is 0.450 e. The lowest BCUT2D eigenvalue weighted by molar-refractivity contribution is 0.0914. The average molecular weight is 377 g/mol. The molecule has 1 saturated heterocycles. The van der Waals surface area contributed by atoms with Crippen LogP contribution in [0.1, 0.15) is 26.7 Å². The van der Waals surface area contributed by atoms with Crippen LogP contribution >= 0.6 is 0 Å². The second-order valence-electron chi connectivity index (χ2n) is 6.35. The number of aromatic nitrogens is 1. The van der Waals surface area contributed by atoms with Crippen molar-refractivity contribution in [2.24, 2.45) is 4.99 Å². The molecule has 1 aliphatic rings. The molecule has 1 N–H and O–H groups in total. The Morgan fingerprint density at radius 3 is 2.56 bits per heavy atom. The number of nitrogens with one attached hydrogen (secondary N) is 1. The van der Waals surface area contributed by atoms with E-state index in [-0.39, 0.29) is 11.7 Å². The summed E-state index contributed by atoms with van der Waals surface area (Å²) >= 11 is 0. The molecule has 0 aromatic carbocycles. The molecular weight excluding hydrogens is 346 g/mol. The summed E-state index contributed by atoms with van der Waals surface area (Å²) in [7, 11) is 0. The van der Waals surface area contributed by atoms with E-state index in [1.54, 1.807) is 21.6 Å². The van der Waals surface area contributed by atoms with Crippen molar-refractivity contribution in [3.63, 3.8) is 0 Å². The molecule has 150 valence electrons. The molecule has 0 bridgehead atoms. The molecule has 0 saturated carbocycles. The fourth-order valence-electron chi connectivity index (χ4n) is 2.97. The highest BCUT2D eigenvalue weighted by Gasteiger charge is 2.23. The number of guanidine groups is 1. The quantitative estimate of drug-likeness (QED) is 0.441. The minimum absolute atomic E-state index is 0.0359. The molecule has 0 radical (unpaired) electrons. The monoisotopic (exact) mass is 377 g/mol. The van der Waals surface area contributed by atoms with E-state index < -0.39 is 0 Å². The predicted molar refractivity (Wildman–Crippen MR) is 106 cm³/mol. The van der Waals surface area contributed by atoms with E-state index in [2.05, 4.69) is 10.2 Å². The number of carbonyl (C=O) groups is 1. The third kappa shape index (κ3) is 6.62. The van der Waals surface area contributed by atoms with Gasteiger partial charge in [0.1, 0.15) is 0 Å². The highest BCUT2D eigenvalue weighted by atomic mass is 16.6. The van der Waals surface area contributed by atoms with Gasteiger partial charge in [0.05, 0.1) is 6.61 Å². The Hall–Kier alpha value is -2.51. The van der Waals surface area contributed by atoms with Gasteiger partial charge >= 0.3 is 6.09 Å². The van der Waals surface area contributed by atoms with Gasteiger partial charge in [-0.15, -0.1) is 0 Å². The Kier molecular flexibility index (Phi) is 8.67. The normalized spacial score (nSPS) is 15.0. The molecule has 0 spiro atoms. The van der Waals surface area contributed by atoms with E-state index >= 15 is 0 Å². The van der Waals surface area contributed by atoms with Crippen molar-refractivity contribution in [1.29, 1.82) is 0 Å². The van der Waals surface area contributed by atoms with Crippen LogP contribution in [-0.4, -0.2) is 72.3 Å². The van der Waals surface area contributed by atoms with E-state index in [4.69, 9.17) is 9.73 Å². The maximum absolute atomic E-state index is 11.8. The predicted octanol–water partition coefficient (Wildman–Crippen LogP) is 1.37. The summed E-state index contributed by atoms with van der Waals surface area (Å²) in [4.78, 5) is 32.1. The summed E-state index contributed by atoms with van der Waals surface area (Å²) in [6.45, 7) is 9.25. The molecule has 2 rings (SSSR count). The van der Waals surface area contributed by atoms with Gasteiger partial charge in [0.25, 0.3) is 0 Å². The highest BCUT2D eigenvalue weighted by molar-refractivity contribution is 5.80. The maximum Gasteiger partial charge on any atom is 0.409 e. The summed E-state index contributed by atoms with van der Waals surface area (Å²) in [6, 6.07) is 5.21. The van der Waals surface area contributed by atoms with Gasteiger partial charge in [-0.25, -0.2) is 4.79 Å². The van der Waals surface area contributed by atoms with E-state index in [9.17, 15) is 9.59 Å². The molecule has 0 atom stereocenters. The van der Waals surface area contributed by atoms with Gasteiger partial charge in [0, 0.05) is 58.1 Å².